The molecule has 0 fully saturated rings. The molecule has 0 amide bonds. The zero-order valence-electron chi connectivity index (χ0n) is 18.7. The summed E-state index contributed by atoms with van der Waals surface area (Å²) in [5.41, 5.74) is 2.84. The van der Waals surface area contributed by atoms with Crippen LogP contribution in [0, 0.1) is 6.92 Å². The lowest BCUT2D eigenvalue weighted by molar-refractivity contribution is 0.481. The molecule has 0 aliphatic heterocycles. The van der Waals surface area contributed by atoms with Gasteiger partial charge in [0.1, 0.15) is 11.6 Å². The van der Waals surface area contributed by atoms with Gasteiger partial charge in [-0.2, -0.15) is 26.8 Å². The Morgan fingerprint density at radius 3 is 1.33 bits per heavy atom. The van der Waals surface area contributed by atoms with Gasteiger partial charge in [0.05, 0.1) is 9.79 Å². The van der Waals surface area contributed by atoms with Gasteiger partial charge in [-0.3, -0.25) is 9.11 Å². The van der Waals surface area contributed by atoms with Crippen LogP contribution in [0.3, 0.4) is 0 Å². The van der Waals surface area contributed by atoms with E-state index in [9.17, 15) is 16.8 Å². The summed E-state index contributed by atoms with van der Waals surface area (Å²) in [5.74, 6) is 0.961. The van der Waals surface area contributed by atoms with Crippen LogP contribution in [0.15, 0.2) is 88.7 Å². The van der Waals surface area contributed by atoms with E-state index in [4.69, 9.17) is 9.11 Å². The van der Waals surface area contributed by atoms with Crippen molar-refractivity contribution < 1.29 is 25.9 Å². The molecule has 4 rings (SSSR count). The second-order valence-corrected chi connectivity index (χ2v) is 10.5. The number of hydrogen-bond donors (Lipinski definition) is 5. The smallest absolute Gasteiger partial charge is 0.294 e. The Morgan fingerprint density at radius 2 is 0.944 bits per heavy atom. The lowest BCUT2D eigenvalue weighted by Gasteiger charge is -2.13. The second kappa shape index (κ2) is 9.91. The van der Waals surface area contributed by atoms with Crippen LogP contribution in [0.1, 0.15) is 5.56 Å². The van der Waals surface area contributed by atoms with Crippen LogP contribution in [-0.2, 0) is 20.2 Å². The van der Waals surface area contributed by atoms with Crippen molar-refractivity contribution in [1.82, 2.24) is 9.97 Å². The van der Waals surface area contributed by atoms with E-state index in [1.54, 1.807) is 6.07 Å². The minimum absolute atomic E-state index is 0.242. The number of hydrogen-bond acceptors (Lipinski definition) is 9. The average Bonchev–Trinajstić information content (AvgIpc) is 2.80. The van der Waals surface area contributed by atoms with E-state index in [1.807, 2.05) is 31.2 Å². The molecule has 0 aliphatic carbocycles. The summed E-state index contributed by atoms with van der Waals surface area (Å²) >= 11 is 0. The molecule has 1 heterocycles. The normalized spacial score (nSPS) is 11.6. The predicted octanol–water partition coefficient (Wildman–Crippen LogP) is 4.51. The van der Waals surface area contributed by atoms with Gasteiger partial charge in [-0.05, 0) is 67.6 Å². The number of nitrogens with one attached hydrogen (secondary N) is 3. The average molecular weight is 528 g/mol. The van der Waals surface area contributed by atoms with Crippen LogP contribution in [0.2, 0.25) is 0 Å². The fraction of sp³-hybridized carbons (Fsp3) is 0.0435. The Morgan fingerprint density at radius 1 is 0.583 bits per heavy atom. The molecule has 0 bridgehead atoms. The number of rotatable bonds is 8. The largest absolute Gasteiger partial charge is 0.340 e. The molecular weight excluding hydrogens is 506 g/mol. The van der Waals surface area contributed by atoms with Crippen LogP contribution >= 0.6 is 0 Å². The van der Waals surface area contributed by atoms with Crippen LogP contribution in [0.5, 0.6) is 0 Å². The highest BCUT2D eigenvalue weighted by Crippen LogP contribution is 2.25. The quantitative estimate of drug-likeness (QED) is 0.204. The van der Waals surface area contributed by atoms with Crippen molar-refractivity contribution in [2.24, 2.45) is 0 Å². The summed E-state index contributed by atoms with van der Waals surface area (Å²) in [6.45, 7) is 1.97. The first-order valence-electron chi connectivity index (χ1n) is 10.4. The first-order chi connectivity index (χ1) is 17.0. The Labute approximate surface area is 207 Å². The fourth-order valence-electron chi connectivity index (χ4n) is 3.11. The number of benzene rings is 3. The van der Waals surface area contributed by atoms with Gasteiger partial charge in [-0.1, -0.05) is 17.7 Å². The standard InChI is InChI=1S/C23H21N5O6S2/c1-15-2-4-18(5-3-15)26-23-27-21(24-16-6-10-19(11-7-16)35(29,30)31)14-22(28-23)25-17-8-12-20(13-9-17)36(32,33)34/h2-14H,1H3,(H,29,30,31)(H,32,33,34)(H3,24,25,26,27,28). The molecular formula is C23H21N5O6S2. The number of aromatic nitrogens is 2. The van der Waals surface area contributed by atoms with Crippen molar-refractivity contribution in [2.75, 3.05) is 16.0 Å². The number of aryl methyl sites for hydroxylation is 1. The summed E-state index contributed by atoms with van der Waals surface area (Å²) in [7, 11) is -8.63. The SMILES string of the molecule is Cc1ccc(Nc2nc(Nc3ccc(S(=O)(=O)O)cc3)cc(Nc3ccc(S(=O)(=O)O)cc3)n2)cc1. The van der Waals surface area contributed by atoms with Gasteiger partial charge in [-0.25, -0.2) is 0 Å². The molecule has 13 heteroatoms. The Kier molecular flexibility index (Phi) is 6.90. The third kappa shape index (κ3) is 6.55. The highest BCUT2D eigenvalue weighted by Gasteiger charge is 2.12. The molecule has 0 spiro atoms. The van der Waals surface area contributed by atoms with Crippen molar-refractivity contribution >= 4 is 54.9 Å². The third-order valence-electron chi connectivity index (χ3n) is 4.88. The second-order valence-electron chi connectivity index (χ2n) is 7.70. The Balaban J connectivity index is 1.64. The molecule has 186 valence electrons. The molecule has 3 aromatic carbocycles. The molecule has 0 unspecified atom stereocenters. The van der Waals surface area contributed by atoms with E-state index in [-0.39, 0.29) is 15.7 Å². The highest BCUT2D eigenvalue weighted by atomic mass is 32.2. The molecule has 4 aromatic rings. The minimum Gasteiger partial charge on any atom is -0.340 e. The fourth-order valence-corrected chi connectivity index (χ4v) is 4.07. The molecule has 5 N–H and O–H groups in total. The van der Waals surface area contributed by atoms with Gasteiger partial charge >= 0.3 is 0 Å². The van der Waals surface area contributed by atoms with E-state index < -0.39 is 20.2 Å². The Bertz CT molecular complexity index is 1500. The summed E-state index contributed by atoms with van der Waals surface area (Å²) in [6, 6.07) is 20.1. The van der Waals surface area contributed by atoms with Crippen LogP contribution in [-0.4, -0.2) is 35.9 Å². The molecule has 0 aliphatic rings. The maximum Gasteiger partial charge on any atom is 0.294 e. The number of nitrogens with zero attached hydrogens (tertiary/aromatic N) is 2. The minimum atomic E-state index is -4.32. The lowest BCUT2D eigenvalue weighted by atomic mass is 10.2. The van der Waals surface area contributed by atoms with Crippen LogP contribution in [0.4, 0.5) is 34.6 Å². The van der Waals surface area contributed by atoms with Crippen LogP contribution in [0.25, 0.3) is 0 Å². The third-order valence-corrected chi connectivity index (χ3v) is 6.62. The zero-order valence-corrected chi connectivity index (χ0v) is 20.4. The van der Waals surface area contributed by atoms with Crippen molar-refractivity contribution in [3.63, 3.8) is 0 Å². The van der Waals surface area contributed by atoms with Gasteiger partial charge in [0.2, 0.25) is 5.95 Å². The molecule has 36 heavy (non-hydrogen) atoms. The van der Waals surface area contributed by atoms with Crippen LogP contribution < -0.4 is 16.0 Å². The van der Waals surface area contributed by atoms with E-state index in [2.05, 4.69) is 25.9 Å². The van der Waals surface area contributed by atoms with E-state index in [0.29, 0.717) is 23.0 Å². The highest BCUT2D eigenvalue weighted by molar-refractivity contribution is 7.86. The molecule has 0 saturated heterocycles. The van der Waals surface area contributed by atoms with Gasteiger partial charge in [0.25, 0.3) is 20.2 Å². The molecule has 0 radical (unpaired) electrons. The molecule has 1 aromatic heterocycles. The lowest BCUT2D eigenvalue weighted by Crippen LogP contribution is -2.05. The number of anilines is 6. The monoisotopic (exact) mass is 527 g/mol. The summed E-state index contributed by atoms with van der Waals surface area (Å²) < 4.78 is 63.5. The van der Waals surface area contributed by atoms with Gasteiger partial charge in [-0.15, -0.1) is 0 Å². The first kappa shape index (κ1) is 25.1. The first-order valence-corrected chi connectivity index (χ1v) is 13.3. The predicted molar refractivity (Wildman–Crippen MR) is 136 cm³/mol. The maximum absolute atomic E-state index is 11.3. The van der Waals surface area contributed by atoms with Crippen molar-refractivity contribution in [2.45, 2.75) is 16.7 Å². The topological polar surface area (TPSA) is 171 Å². The van der Waals surface area contributed by atoms with E-state index >= 15 is 0 Å². The van der Waals surface area contributed by atoms with Crippen molar-refractivity contribution in [3.8, 4) is 0 Å². The van der Waals surface area contributed by atoms with Gasteiger partial charge in [0.15, 0.2) is 0 Å². The Hall–Kier alpha value is -4.04. The molecule has 0 atom stereocenters. The zero-order chi connectivity index (χ0) is 25.9. The molecule has 11 nitrogen and oxygen atoms in total. The summed E-state index contributed by atoms with van der Waals surface area (Å²) in [6.07, 6.45) is 0. The van der Waals surface area contributed by atoms with Crippen molar-refractivity contribution in [3.05, 3.63) is 84.4 Å². The van der Waals surface area contributed by atoms with Gasteiger partial charge < -0.3 is 16.0 Å². The summed E-state index contributed by atoms with van der Waals surface area (Å²) in [5, 5.41) is 9.22. The van der Waals surface area contributed by atoms with E-state index in [1.165, 1.54) is 48.5 Å². The van der Waals surface area contributed by atoms with Gasteiger partial charge in [0, 0.05) is 23.1 Å². The summed E-state index contributed by atoms with van der Waals surface area (Å²) in [4.78, 5) is 8.42. The molecule has 0 saturated carbocycles. The van der Waals surface area contributed by atoms with Crippen molar-refractivity contribution in [1.29, 1.82) is 0 Å². The van der Waals surface area contributed by atoms with E-state index in [0.717, 1.165) is 11.3 Å². The maximum atomic E-state index is 11.3.